The summed E-state index contributed by atoms with van der Waals surface area (Å²) in [6.07, 6.45) is 1.61. The summed E-state index contributed by atoms with van der Waals surface area (Å²) in [5.41, 5.74) is 1.42. The van der Waals surface area contributed by atoms with E-state index in [4.69, 9.17) is 0 Å². The first-order valence-corrected chi connectivity index (χ1v) is 6.98. The molecule has 0 atom stereocenters. The van der Waals surface area contributed by atoms with E-state index >= 15 is 0 Å². The smallest absolute Gasteiger partial charge is 0.319 e. The summed E-state index contributed by atoms with van der Waals surface area (Å²) in [6.45, 7) is 3.86. The van der Waals surface area contributed by atoms with Crippen molar-refractivity contribution in [2.75, 3.05) is 5.32 Å². The van der Waals surface area contributed by atoms with E-state index in [1.165, 1.54) is 0 Å². The Morgan fingerprint density at radius 3 is 2.37 bits per heavy atom. The van der Waals surface area contributed by atoms with Crippen molar-refractivity contribution in [2.24, 2.45) is 5.41 Å². The minimum atomic E-state index is -1.24. The Kier molecular flexibility index (Phi) is 3.67. The second kappa shape index (κ2) is 4.96. The number of amides is 1. The van der Waals surface area contributed by atoms with Crippen LogP contribution in [0.3, 0.4) is 0 Å². The third-order valence-corrected chi connectivity index (χ3v) is 4.35. The van der Waals surface area contributed by atoms with Gasteiger partial charge < -0.3 is 10.4 Å². The van der Waals surface area contributed by atoms with Gasteiger partial charge >= 0.3 is 5.97 Å². The quantitative estimate of drug-likeness (QED) is 0.838. The lowest BCUT2D eigenvalue weighted by molar-refractivity contribution is -0.159. The molecule has 0 heterocycles. The number of anilines is 1. The standard InChI is InChI=1S/C14H16BrNO3/c1-8-6-9(2)11(10(15)7-8)16-12(17)14(13(18)19)4-3-5-14/h6-7H,3-5H2,1-2H3,(H,16,17)(H,18,19). The Hall–Kier alpha value is -1.36. The number of carboxylic acid groups (broad SMARTS) is 1. The van der Waals surface area contributed by atoms with Crippen LogP contribution in [-0.4, -0.2) is 17.0 Å². The molecule has 5 heteroatoms. The van der Waals surface area contributed by atoms with Gasteiger partial charge in [-0.1, -0.05) is 12.5 Å². The number of benzene rings is 1. The predicted molar refractivity (Wildman–Crippen MR) is 76.2 cm³/mol. The lowest BCUT2D eigenvalue weighted by Gasteiger charge is -2.36. The zero-order valence-corrected chi connectivity index (χ0v) is 12.5. The van der Waals surface area contributed by atoms with Crippen LogP contribution < -0.4 is 5.32 Å². The zero-order valence-electron chi connectivity index (χ0n) is 10.9. The van der Waals surface area contributed by atoms with E-state index in [0.717, 1.165) is 22.0 Å². The predicted octanol–water partition coefficient (Wildman–Crippen LogP) is 3.26. The summed E-state index contributed by atoms with van der Waals surface area (Å²) in [7, 11) is 0. The third-order valence-electron chi connectivity index (χ3n) is 3.72. The maximum absolute atomic E-state index is 12.2. The molecular weight excluding hydrogens is 310 g/mol. The van der Waals surface area contributed by atoms with E-state index in [-0.39, 0.29) is 0 Å². The van der Waals surface area contributed by atoms with Crippen molar-refractivity contribution < 1.29 is 14.7 Å². The minimum absolute atomic E-state index is 0.413. The monoisotopic (exact) mass is 325 g/mol. The van der Waals surface area contributed by atoms with Crippen molar-refractivity contribution in [3.63, 3.8) is 0 Å². The van der Waals surface area contributed by atoms with E-state index in [1.54, 1.807) is 0 Å². The molecule has 1 aliphatic rings. The normalized spacial score (nSPS) is 16.6. The van der Waals surface area contributed by atoms with Gasteiger partial charge in [0.25, 0.3) is 0 Å². The average molecular weight is 326 g/mol. The fourth-order valence-electron chi connectivity index (χ4n) is 2.38. The fraction of sp³-hybridized carbons (Fsp3) is 0.429. The second-order valence-electron chi connectivity index (χ2n) is 5.13. The molecule has 0 aromatic heterocycles. The fourth-order valence-corrected chi connectivity index (χ4v) is 3.15. The molecule has 1 saturated carbocycles. The largest absolute Gasteiger partial charge is 0.480 e. The molecule has 0 unspecified atom stereocenters. The molecule has 4 nitrogen and oxygen atoms in total. The number of hydrogen-bond donors (Lipinski definition) is 2. The van der Waals surface area contributed by atoms with Crippen molar-refractivity contribution in [3.05, 3.63) is 27.7 Å². The number of carboxylic acids is 1. The highest BCUT2D eigenvalue weighted by Gasteiger charge is 2.51. The van der Waals surface area contributed by atoms with Crippen LogP contribution in [0.4, 0.5) is 5.69 Å². The molecule has 102 valence electrons. The van der Waals surface area contributed by atoms with Gasteiger partial charge in [-0.3, -0.25) is 9.59 Å². The Morgan fingerprint density at radius 1 is 1.32 bits per heavy atom. The maximum Gasteiger partial charge on any atom is 0.319 e. The first kappa shape index (κ1) is 14.1. The number of aliphatic carboxylic acids is 1. The van der Waals surface area contributed by atoms with Crippen LogP contribution in [0.25, 0.3) is 0 Å². The zero-order chi connectivity index (χ0) is 14.2. The summed E-state index contributed by atoms with van der Waals surface area (Å²) in [5.74, 6) is -1.45. The highest BCUT2D eigenvalue weighted by molar-refractivity contribution is 9.10. The molecule has 0 saturated heterocycles. The molecule has 2 rings (SSSR count). The molecule has 19 heavy (non-hydrogen) atoms. The summed E-state index contributed by atoms with van der Waals surface area (Å²) >= 11 is 3.41. The van der Waals surface area contributed by atoms with E-state index in [0.29, 0.717) is 18.5 Å². The summed E-state index contributed by atoms with van der Waals surface area (Å²) in [6, 6.07) is 3.85. The number of carbonyl (C=O) groups excluding carboxylic acids is 1. The van der Waals surface area contributed by atoms with E-state index in [1.807, 2.05) is 26.0 Å². The maximum atomic E-state index is 12.2. The van der Waals surface area contributed by atoms with Crippen LogP contribution in [-0.2, 0) is 9.59 Å². The van der Waals surface area contributed by atoms with Crippen LogP contribution in [0.5, 0.6) is 0 Å². The van der Waals surface area contributed by atoms with Crippen LogP contribution in [0.2, 0.25) is 0 Å². The summed E-state index contributed by atoms with van der Waals surface area (Å²) in [5, 5.41) is 12.0. The molecule has 0 aliphatic heterocycles. The molecule has 0 radical (unpaired) electrons. The Bertz CT molecular complexity index is 527. The minimum Gasteiger partial charge on any atom is -0.480 e. The highest BCUT2D eigenvalue weighted by Crippen LogP contribution is 2.42. The summed E-state index contributed by atoms with van der Waals surface area (Å²) < 4.78 is 0.776. The van der Waals surface area contributed by atoms with Gasteiger partial charge in [-0.25, -0.2) is 0 Å². The average Bonchev–Trinajstić information content (AvgIpc) is 2.20. The second-order valence-corrected chi connectivity index (χ2v) is 5.99. The van der Waals surface area contributed by atoms with Gasteiger partial charge in [-0.2, -0.15) is 0 Å². The van der Waals surface area contributed by atoms with Crippen LogP contribution in [0.1, 0.15) is 30.4 Å². The highest BCUT2D eigenvalue weighted by atomic mass is 79.9. The SMILES string of the molecule is Cc1cc(C)c(NC(=O)C2(C(=O)O)CCC2)c(Br)c1. The van der Waals surface area contributed by atoms with Crippen molar-refractivity contribution in [1.29, 1.82) is 0 Å². The molecule has 1 aliphatic carbocycles. The molecule has 1 amide bonds. The molecule has 1 fully saturated rings. The number of hydrogen-bond acceptors (Lipinski definition) is 2. The van der Waals surface area contributed by atoms with E-state index in [9.17, 15) is 14.7 Å². The van der Waals surface area contributed by atoms with Gasteiger partial charge in [0.2, 0.25) is 5.91 Å². The van der Waals surface area contributed by atoms with Crippen LogP contribution in [0.15, 0.2) is 16.6 Å². The number of nitrogens with one attached hydrogen (secondary N) is 1. The van der Waals surface area contributed by atoms with Gasteiger partial charge in [0, 0.05) is 4.47 Å². The molecule has 1 aromatic carbocycles. The van der Waals surface area contributed by atoms with Gasteiger partial charge in [0.05, 0.1) is 5.69 Å². The first-order chi connectivity index (χ1) is 8.86. The van der Waals surface area contributed by atoms with Crippen LogP contribution in [0, 0.1) is 19.3 Å². The topological polar surface area (TPSA) is 66.4 Å². The van der Waals surface area contributed by atoms with Crippen molar-refractivity contribution in [1.82, 2.24) is 0 Å². The lowest BCUT2D eigenvalue weighted by atomic mass is 9.68. The molecule has 0 bridgehead atoms. The first-order valence-electron chi connectivity index (χ1n) is 6.18. The van der Waals surface area contributed by atoms with E-state index in [2.05, 4.69) is 21.2 Å². The molecular formula is C14H16BrNO3. The number of aryl methyl sites for hydroxylation is 2. The number of carbonyl (C=O) groups is 2. The van der Waals surface area contributed by atoms with Crippen molar-refractivity contribution in [2.45, 2.75) is 33.1 Å². The van der Waals surface area contributed by atoms with Crippen molar-refractivity contribution in [3.8, 4) is 0 Å². The lowest BCUT2D eigenvalue weighted by Crippen LogP contribution is -2.48. The van der Waals surface area contributed by atoms with Gasteiger partial charge in [-0.05, 0) is 59.8 Å². The third kappa shape index (κ3) is 2.39. The molecule has 2 N–H and O–H groups in total. The van der Waals surface area contributed by atoms with Crippen LogP contribution >= 0.6 is 15.9 Å². The number of rotatable bonds is 3. The molecule has 1 aromatic rings. The Morgan fingerprint density at radius 2 is 1.95 bits per heavy atom. The van der Waals surface area contributed by atoms with Gasteiger partial charge in [0.15, 0.2) is 0 Å². The van der Waals surface area contributed by atoms with E-state index < -0.39 is 17.3 Å². The van der Waals surface area contributed by atoms with Gasteiger partial charge in [0.1, 0.15) is 5.41 Å². The molecule has 0 spiro atoms. The van der Waals surface area contributed by atoms with Gasteiger partial charge in [-0.15, -0.1) is 0 Å². The number of halogens is 1. The Labute approximate surface area is 120 Å². The van der Waals surface area contributed by atoms with Crippen molar-refractivity contribution >= 4 is 33.5 Å². The Balaban J connectivity index is 2.27. The summed E-state index contributed by atoms with van der Waals surface area (Å²) in [4.78, 5) is 23.5.